The van der Waals surface area contributed by atoms with Crippen molar-refractivity contribution in [2.75, 3.05) is 9.80 Å². The lowest BCUT2D eigenvalue weighted by atomic mass is 9.33. The van der Waals surface area contributed by atoms with Crippen molar-refractivity contribution in [3.8, 4) is 5.69 Å². The summed E-state index contributed by atoms with van der Waals surface area (Å²) in [6.45, 7) is 6.86. The van der Waals surface area contributed by atoms with E-state index in [0.29, 0.717) is 0 Å². The van der Waals surface area contributed by atoms with Crippen LogP contribution in [0.3, 0.4) is 0 Å². The van der Waals surface area contributed by atoms with Crippen molar-refractivity contribution >= 4 is 79.0 Å². The van der Waals surface area contributed by atoms with Crippen molar-refractivity contribution in [1.82, 2.24) is 4.57 Å². The van der Waals surface area contributed by atoms with E-state index in [1.807, 2.05) is 0 Å². The van der Waals surface area contributed by atoms with Gasteiger partial charge in [-0.05, 0) is 116 Å². The minimum Gasteiger partial charge on any atom is -0.311 e. The average molecular weight is 628 g/mol. The molecule has 2 aliphatic heterocycles. The van der Waals surface area contributed by atoms with Gasteiger partial charge in [-0.3, -0.25) is 0 Å². The third kappa shape index (κ3) is 4.04. The highest BCUT2D eigenvalue weighted by atomic mass is 15.2. The fraction of sp³-hybridized carbons (Fsp3) is 0.0667. The highest BCUT2D eigenvalue weighted by Crippen LogP contribution is 2.44. The third-order valence-corrected chi connectivity index (χ3v) is 10.5. The van der Waals surface area contributed by atoms with Gasteiger partial charge < -0.3 is 14.4 Å². The van der Waals surface area contributed by atoms with E-state index in [-0.39, 0.29) is 6.71 Å². The van der Waals surface area contributed by atoms with Crippen molar-refractivity contribution in [2.45, 2.75) is 20.8 Å². The summed E-state index contributed by atoms with van der Waals surface area (Å²) in [5.41, 5.74) is 18.9. The second-order valence-corrected chi connectivity index (χ2v) is 13.6. The molecule has 232 valence electrons. The van der Waals surface area contributed by atoms with Crippen molar-refractivity contribution in [2.24, 2.45) is 0 Å². The van der Waals surface area contributed by atoms with Gasteiger partial charge in [0, 0.05) is 56.1 Å². The van der Waals surface area contributed by atoms with Crippen LogP contribution in [0.5, 0.6) is 0 Å². The van der Waals surface area contributed by atoms with Gasteiger partial charge in [-0.25, -0.2) is 0 Å². The number of benzene rings is 7. The van der Waals surface area contributed by atoms with Gasteiger partial charge in [-0.15, -0.1) is 0 Å². The van der Waals surface area contributed by atoms with Crippen LogP contribution in [0.25, 0.3) is 27.5 Å². The van der Waals surface area contributed by atoms with Gasteiger partial charge in [0.15, 0.2) is 0 Å². The Hall–Kier alpha value is -6.00. The Morgan fingerprint density at radius 2 is 1.14 bits per heavy atom. The molecule has 3 heterocycles. The number of hydrogen-bond acceptors (Lipinski definition) is 2. The molecule has 0 saturated heterocycles. The van der Waals surface area contributed by atoms with E-state index in [4.69, 9.17) is 0 Å². The van der Waals surface area contributed by atoms with Gasteiger partial charge in [-0.1, -0.05) is 89.5 Å². The molecule has 0 saturated carbocycles. The number of aromatic nitrogens is 1. The molecule has 49 heavy (non-hydrogen) atoms. The Labute approximate surface area is 287 Å². The van der Waals surface area contributed by atoms with Crippen LogP contribution in [0.15, 0.2) is 152 Å². The molecule has 0 fully saturated rings. The maximum absolute atomic E-state index is 2.54. The summed E-state index contributed by atoms with van der Waals surface area (Å²) in [5.74, 6) is 0. The predicted molar refractivity (Wildman–Crippen MR) is 209 cm³/mol. The number of rotatable bonds is 4. The van der Waals surface area contributed by atoms with Gasteiger partial charge >= 0.3 is 0 Å². The van der Waals surface area contributed by atoms with Crippen LogP contribution in [-0.4, -0.2) is 11.3 Å². The van der Waals surface area contributed by atoms with Crippen LogP contribution >= 0.6 is 0 Å². The predicted octanol–water partition coefficient (Wildman–Crippen LogP) is 9.79. The van der Waals surface area contributed by atoms with Crippen LogP contribution in [-0.2, 0) is 0 Å². The number of nitrogens with zero attached hydrogens (tertiary/aromatic N) is 3. The van der Waals surface area contributed by atoms with E-state index >= 15 is 0 Å². The molecule has 7 aromatic carbocycles. The molecule has 0 N–H and O–H groups in total. The number of aryl methyl sites for hydroxylation is 3. The summed E-state index contributed by atoms with van der Waals surface area (Å²) in [6, 6.07) is 55.8. The molecule has 3 nitrogen and oxygen atoms in total. The molecule has 10 rings (SSSR count). The molecule has 4 heteroatoms. The SMILES string of the molecule is Cc1ccc2c(c1)c1cc(C)cc3c1n2-c1cccc2c1B3c1c(C)cc(N(c3ccccc3)c3ccccc3)cc1N2c1ccccc1. The summed E-state index contributed by atoms with van der Waals surface area (Å²) in [6.07, 6.45) is 0. The van der Waals surface area contributed by atoms with E-state index in [1.165, 1.54) is 71.9 Å². The third-order valence-electron chi connectivity index (χ3n) is 10.5. The lowest BCUT2D eigenvalue weighted by molar-refractivity contribution is 1.17. The van der Waals surface area contributed by atoms with Crippen LogP contribution in [0.2, 0.25) is 0 Å². The summed E-state index contributed by atoms with van der Waals surface area (Å²) < 4.78 is 2.54. The smallest absolute Gasteiger partial charge is 0.252 e. The first-order valence-electron chi connectivity index (χ1n) is 17.2. The van der Waals surface area contributed by atoms with Crippen LogP contribution in [0.1, 0.15) is 16.7 Å². The number of fused-ring (bicyclic) bond motifs is 7. The Bertz CT molecular complexity index is 2550. The first-order chi connectivity index (χ1) is 24.1. The van der Waals surface area contributed by atoms with E-state index in [9.17, 15) is 0 Å². The lowest BCUT2D eigenvalue weighted by Crippen LogP contribution is -2.61. The second kappa shape index (κ2) is 10.5. The van der Waals surface area contributed by atoms with E-state index in [2.05, 4.69) is 187 Å². The Balaban J connectivity index is 1.32. The maximum Gasteiger partial charge on any atom is 0.252 e. The highest BCUT2D eigenvalue weighted by molar-refractivity contribution is 7.00. The van der Waals surface area contributed by atoms with Crippen LogP contribution in [0.4, 0.5) is 34.1 Å². The van der Waals surface area contributed by atoms with Gasteiger partial charge in [0.2, 0.25) is 0 Å². The second-order valence-electron chi connectivity index (χ2n) is 13.6. The molecule has 0 bridgehead atoms. The number of hydrogen-bond donors (Lipinski definition) is 0. The molecule has 0 atom stereocenters. The molecule has 0 amide bonds. The van der Waals surface area contributed by atoms with Crippen molar-refractivity contribution in [1.29, 1.82) is 0 Å². The van der Waals surface area contributed by atoms with Gasteiger partial charge in [-0.2, -0.15) is 0 Å². The van der Waals surface area contributed by atoms with Crippen molar-refractivity contribution in [3.63, 3.8) is 0 Å². The standard InChI is InChI=1S/C45H34BN3/c1-29-22-23-39-36(24-29)37-25-30(2)26-38-45(37)49(39)41-21-13-20-40-44(41)46(38)43-31(3)27-35(28-42(43)48(40)34-18-11-6-12-19-34)47(32-14-7-4-8-15-32)33-16-9-5-10-17-33/h4-28H,1-3H3. The minimum atomic E-state index is 0.0948. The Kier molecular flexibility index (Phi) is 6.01. The molecular formula is C45H34BN3. The van der Waals surface area contributed by atoms with Crippen molar-refractivity contribution in [3.05, 3.63) is 168 Å². The van der Waals surface area contributed by atoms with Gasteiger partial charge in [0.05, 0.1) is 5.52 Å². The zero-order chi connectivity index (χ0) is 32.8. The Morgan fingerprint density at radius 1 is 0.490 bits per heavy atom. The molecule has 0 unspecified atom stereocenters. The fourth-order valence-electron chi connectivity index (χ4n) is 8.63. The zero-order valence-electron chi connectivity index (χ0n) is 27.9. The summed E-state index contributed by atoms with van der Waals surface area (Å²) in [5, 5.41) is 2.66. The summed E-state index contributed by atoms with van der Waals surface area (Å²) >= 11 is 0. The molecule has 0 aliphatic carbocycles. The number of anilines is 6. The molecule has 8 aromatic rings. The Morgan fingerprint density at radius 3 is 1.86 bits per heavy atom. The van der Waals surface area contributed by atoms with Crippen LogP contribution in [0, 0.1) is 20.8 Å². The normalized spacial score (nSPS) is 12.7. The van der Waals surface area contributed by atoms with E-state index in [1.54, 1.807) is 0 Å². The molecule has 2 aliphatic rings. The fourth-order valence-corrected chi connectivity index (χ4v) is 8.63. The number of para-hydroxylation sites is 3. The minimum absolute atomic E-state index is 0.0948. The summed E-state index contributed by atoms with van der Waals surface area (Å²) in [7, 11) is 0. The highest BCUT2D eigenvalue weighted by Gasteiger charge is 2.43. The first kappa shape index (κ1) is 28.1. The van der Waals surface area contributed by atoms with Crippen molar-refractivity contribution < 1.29 is 0 Å². The zero-order valence-corrected chi connectivity index (χ0v) is 27.9. The van der Waals surface area contributed by atoms with E-state index in [0.717, 1.165) is 22.7 Å². The van der Waals surface area contributed by atoms with Crippen LogP contribution < -0.4 is 26.2 Å². The monoisotopic (exact) mass is 627 g/mol. The molecule has 1 aromatic heterocycles. The molecule has 0 spiro atoms. The summed E-state index contributed by atoms with van der Waals surface area (Å²) in [4.78, 5) is 4.89. The molecule has 0 radical (unpaired) electrons. The maximum atomic E-state index is 2.54. The average Bonchev–Trinajstić information content (AvgIpc) is 3.44. The largest absolute Gasteiger partial charge is 0.311 e. The topological polar surface area (TPSA) is 11.4 Å². The van der Waals surface area contributed by atoms with E-state index < -0.39 is 0 Å². The van der Waals surface area contributed by atoms with Gasteiger partial charge in [0.25, 0.3) is 6.71 Å². The van der Waals surface area contributed by atoms with Gasteiger partial charge in [0.1, 0.15) is 0 Å². The molecular weight excluding hydrogens is 593 g/mol. The lowest BCUT2D eigenvalue weighted by Gasteiger charge is -2.41. The first-order valence-corrected chi connectivity index (χ1v) is 17.2. The quantitative estimate of drug-likeness (QED) is 0.180.